The molecule has 0 aliphatic heterocycles. The van der Waals surface area contributed by atoms with E-state index in [2.05, 4.69) is 23.7 Å². The summed E-state index contributed by atoms with van der Waals surface area (Å²) in [4.78, 5) is 12.5. The molecular formula is C19H24N2O2. The smallest absolute Gasteiger partial charge is 0.178 e. The highest BCUT2D eigenvalue weighted by Gasteiger charge is 2.28. The lowest BCUT2D eigenvalue weighted by Gasteiger charge is -2.08. The number of ketones is 1. The fourth-order valence-corrected chi connectivity index (χ4v) is 3.11. The van der Waals surface area contributed by atoms with Crippen LogP contribution in [-0.4, -0.2) is 24.0 Å². The average Bonchev–Trinajstić information content (AvgIpc) is 3.33. The van der Waals surface area contributed by atoms with Gasteiger partial charge in [-0.3, -0.25) is 4.79 Å². The van der Waals surface area contributed by atoms with Crippen LogP contribution in [0.2, 0.25) is 0 Å². The number of hydrogen-bond donors (Lipinski definition) is 1. The number of nitrogens with zero attached hydrogens (tertiary/aromatic N) is 1. The predicted octanol–water partition coefficient (Wildman–Crippen LogP) is 3.42. The summed E-state index contributed by atoms with van der Waals surface area (Å²) < 4.78 is 7.46. The predicted molar refractivity (Wildman–Crippen MR) is 91.2 cm³/mol. The second kappa shape index (κ2) is 6.59. The summed E-state index contributed by atoms with van der Waals surface area (Å²) in [6.45, 7) is 5.19. The molecule has 0 atom stereocenters. The molecule has 122 valence electrons. The zero-order chi connectivity index (χ0) is 16.4. The first kappa shape index (κ1) is 15.8. The molecule has 1 aromatic heterocycles. The number of rotatable bonds is 7. The highest BCUT2D eigenvalue weighted by atomic mass is 16.5. The van der Waals surface area contributed by atoms with Gasteiger partial charge in [0.1, 0.15) is 5.75 Å². The van der Waals surface area contributed by atoms with E-state index < -0.39 is 0 Å². The van der Waals surface area contributed by atoms with E-state index in [-0.39, 0.29) is 5.78 Å². The minimum absolute atomic E-state index is 0.165. The van der Waals surface area contributed by atoms with Gasteiger partial charge < -0.3 is 14.6 Å². The third-order valence-corrected chi connectivity index (χ3v) is 4.47. The first-order chi connectivity index (χ1) is 11.1. The zero-order valence-electron chi connectivity index (χ0n) is 14.1. The van der Waals surface area contributed by atoms with Crippen molar-refractivity contribution in [2.75, 3.05) is 13.7 Å². The highest BCUT2D eigenvalue weighted by molar-refractivity contribution is 5.99. The van der Waals surface area contributed by atoms with E-state index in [9.17, 15) is 4.79 Å². The van der Waals surface area contributed by atoms with E-state index in [0.717, 1.165) is 22.6 Å². The van der Waals surface area contributed by atoms with Crippen LogP contribution in [0.4, 0.5) is 0 Å². The van der Waals surface area contributed by atoms with Gasteiger partial charge in [-0.05, 0) is 50.5 Å². The number of hydrogen-bond acceptors (Lipinski definition) is 3. The van der Waals surface area contributed by atoms with E-state index in [4.69, 9.17) is 4.74 Å². The summed E-state index contributed by atoms with van der Waals surface area (Å²) >= 11 is 0. The van der Waals surface area contributed by atoms with Crippen LogP contribution in [0.5, 0.6) is 5.75 Å². The van der Waals surface area contributed by atoms with Crippen molar-refractivity contribution >= 4 is 5.78 Å². The molecule has 2 aromatic rings. The van der Waals surface area contributed by atoms with Gasteiger partial charge in [0.25, 0.3) is 0 Å². The van der Waals surface area contributed by atoms with Crippen LogP contribution in [0, 0.1) is 13.8 Å². The van der Waals surface area contributed by atoms with Crippen LogP contribution in [-0.2, 0) is 6.54 Å². The Hall–Kier alpha value is -2.07. The Bertz CT molecular complexity index is 697. The Morgan fingerprint density at radius 3 is 2.57 bits per heavy atom. The zero-order valence-corrected chi connectivity index (χ0v) is 14.1. The molecule has 1 N–H and O–H groups in total. The molecule has 0 saturated heterocycles. The number of aryl methyl sites for hydroxylation is 1. The number of carbonyl (C=O) groups excluding carboxylic acids is 1. The molecule has 4 heteroatoms. The summed E-state index contributed by atoms with van der Waals surface area (Å²) in [5, 5.41) is 3.24. The molecule has 23 heavy (non-hydrogen) atoms. The minimum Gasteiger partial charge on any atom is -0.497 e. The van der Waals surface area contributed by atoms with Crippen molar-refractivity contribution in [1.82, 2.24) is 9.88 Å². The normalized spacial score (nSPS) is 14.0. The Morgan fingerprint density at radius 2 is 1.96 bits per heavy atom. The molecule has 1 heterocycles. The largest absolute Gasteiger partial charge is 0.497 e. The molecule has 0 spiro atoms. The third-order valence-electron chi connectivity index (χ3n) is 4.47. The quantitative estimate of drug-likeness (QED) is 0.797. The van der Waals surface area contributed by atoms with Gasteiger partial charge in [-0.2, -0.15) is 0 Å². The SMILES string of the molecule is COc1ccc(CNCC(=O)c2cc(C)n(C3CC3)c2C)cc1. The van der Waals surface area contributed by atoms with Crippen LogP contribution in [0.25, 0.3) is 0 Å². The number of Topliss-reactive ketones (excluding diaryl/α,β-unsaturated/α-hetero) is 1. The first-order valence-corrected chi connectivity index (χ1v) is 8.15. The Kier molecular flexibility index (Phi) is 4.53. The molecular weight excluding hydrogens is 288 g/mol. The highest BCUT2D eigenvalue weighted by Crippen LogP contribution is 2.38. The number of carbonyl (C=O) groups is 1. The molecule has 1 aromatic carbocycles. The van der Waals surface area contributed by atoms with Crippen molar-refractivity contribution < 1.29 is 9.53 Å². The van der Waals surface area contributed by atoms with Crippen molar-refractivity contribution in [3.05, 3.63) is 52.8 Å². The molecule has 4 nitrogen and oxygen atoms in total. The van der Waals surface area contributed by atoms with E-state index >= 15 is 0 Å². The summed E-state index contributed by atoms with van der Waals surface area (Å²) in [6.07, 6.45) is 2.47. The van der Waals surface area contributed by atoms with E-state index in [1.54, 1.807) is 7.11 Å². The minimum atomic E-state index is 0.165. The number of ether oxygens (including phenoxy) is 1. The Labute approximate surface area is 137 Å². The molecule has 1 fully saturated rings. The van der Waals surface area contributed by atoms with Crippen LogP contribution < -0.4 is 10.1 Å². The summed E-state index contributed by atoms with van der Waals surface area (Å²) in [5.74, 6) is 1.01. The monoisotopic (exact) mass is 312 g/mol. The maximum atomic E-state index is 12.5. The van der Waals surface area contributed by atoms with Crippen LogP contribution >= 0.6 is 0 Å². The van der Waals surface area contributed by atoms with Gasteiger partial charge >= 0.3 is 0 Å². The van der Waals surface area contributed by atoms with Crippen LogP contribution in [0.3, 0.4) is 0 Å². The van der Waals surface area contributed by atoms with Gasteiger partial charge in [0.15, 0.2) is 5.78 Å². The lowest BCUT2D eigenvalue weighted by molar-refractivity contribution is 0.0990. The number of nitrogens with one attached hydrogen (secondary N) is 1. The fourth-order valence-electron chi connectivity index (χ4n) is 3.11. The second-order valence-electron chi connectivity index (χ2n) is 6.26. The molecule has 0 radical (unpaired) electrons. The van der Waals surface area contributed by atoms with Crippen molar-refractivity contribution in [2.45, 2.75) is 39.3 Å². The molecule has 0 amide bonds. The summed E-state index contributed by atoms with van der Waals surface area (Å²) in [5.41, 5.74) is 4.31. The van der Waals surface area contributed by atoms with Gasteiger partial charge in [0, 0.05) is 29.5 Å². The third kappa shape index (κ3) is 3.48. The maximum Gasteiger partial charge on any atom is 0.178 e. The molecule has 1 aliphatic carbocycles. The van der Waals surface area contributed by atoms with Gasteiger partial charge in [-0.1, -0.05) is 12.1 Å². The molecule has 1 saturated carbocycles. The van der Waals surface area contributed by atoms with E-state index in [0.29, 0.717) is 19.1 Å². The van der Waals surface area contributed by atoms with Crippen molar-refractivity contribution in [1.29, 1.82) is 0 Å². The van der Waals surface area contributed by atoms with Crippen molar-refractivity contribution in [2.24, 2.45) is 0 Å². The Morgan fingerprint density at radius 1 is 1.26 bits per heavy atom. The standard InChI is InChI=1S/C19H24N2O2/c1-13-10-18(14(2)21(13)16-6-7-16)19(22)12-20-11-15-4-8-17(23-3)9-5-15/h4-5,8-10,16,20H,6-7,11-12H2,1-3H3. The number of benzene rings is 1. The lowest BCUT2D eigenvalue weighted by atomic mass is 10.1. The number of methoxy groups -OCH3 is 1. The average molecular weight is 312 g/mol. The first-order valence-electron chi connectivity index (χ1n) is 8.15. The van der Waals surface area contributed by atoms with Gasteiger partial charge in [-0.15, -0.1) is 0 Å². The summed E-state index contributed by atoms with van der Waals surface area (Å²) in [6, 6.07) is 10.5. The molecule has 0 unspecified atom stereocenters. The summed E-state index contributed by atoms with van der Waals surface area (Å²) in [7, 11) is 1.66. The lowest BCUT2D eigenvalue weighted by Crippen LogP contribution is -2.23. The Balaban J connectivity index is 1.58. The van der Waals surface area contributed by atoms with Gasteiger partial charge in [0.2, 0.25) is 0 Å². The van der Waals surface area contributed by atoms with Crippen LogP contribution in [0.1, 0.15) is 46.2 Å². The van der Waals surface area contributed by atoms with E-state index in [1.165, 1.54) is 18.5 Å². The molecule has 3 rings (SSSR count). The van der Waals surface area contributed by atoms with Gasteiger partial charge in [-0.25, -0.2) is 0 Å². The second-order valence-corrected chi connectivity index (χ2v) is 6.26. The van der Waals surface area contributed by atoms with Crippen molar-refractivity contribution in [3.8, 4) is 5.75 Å². The molecule has 0 bridgehead atoms. The topological polar surface area (TPSA) is 43.3 Å². The molecule has 1 aliphatic rings. The number of aromatic nitrogens is 1. The van der Waals surface area contributed by atoms with Crippen molar-refractivity contribution in [3.63, 3.8) is 0 Å². The van der Waals surface area contributed by atoms with Gasteiger partial charge in [0.05, 0.1) is 13.7 Å². The maximum absolute atomic E-state index is 12.5. The van der Waals surface area contributed by atoms with Crippen LogP contribution in [0.15, 0.2) is 30.3 Å². The van der Waals surface area contributed by atoms with E-state index in [1.807, 2.05) is 30.3 Å². The fraction of sp³-hybridized carbons (Fsp3) is 0.421.